The van der Waals surface area contributed by atoms with Crippen molar-refractivity contribution in [2.45, 2.75) is 65.5 Å². The molecule has 0 spiro atoms. The van der Waals surface area contributed by atoms with Crippen LogP contribution in [0.25, 0.3) is 0 Å². The number of hydrogen-bond donors (Lipinski definition) is 0. The molecule has 0 bridgehead atoms. The molecule has 1 fully saturated rings. The molecular formula is C22H32N6O. The summed E-state index contributed by atoms with van der Waals surface area (Å²) in [5.41, 5.74) is 2.20. The lowest BCUT2D eigenvalue weighted by Gasteiger charge is -2.40. The van der Waals surface area contributed by atoms with Crippen molar-refractivity contribution < 1.29 is 4.79 Å². The van der Waals surface area contributed by atoms with Crippen LogP contribution in [0.1, 0.15) is 49.8 Å². The molecule has 2 aromatic heterocycles. The number of amides is 1. The number of fused-ring (bicyclic) bond motifs is 1. The number of anilines is 1. The van der Waals surface area contributed by atoms with Crippen LogP contribution in [0.5, 0.6) is 0 Å². The Bertz CT molecular complexity index is 834. The summed E-state index contributed by atoms with van der Waals surface area (Å²) in [6.07, 6.45) is 6.56. The SMILES string of the molecule is CCCN(C(=O)C1CCn2nccc2C1)C1CCN(c2cc(C)nc(C)n2)CC1. The van der Waals surface area contributed by atoms with Gasteiger partial charge in [-0.1, -0.05) is 6.92 Å². The van der Waals surface area contributed by atoms with Crippen LogP contribution in [0, 0.1) is 19.8 Å². The van der Waals surface area contributed by atoms with Crippen LogP contribution in [0.4, 0.5) is 5.82 Å². The number of aryl methyl sites for hydroxylation is 3. The van der Waals surface area contributed by atoms with Crippen LogP contribution in [0.15, 0.2) is 18.3 Å². The molecule has 0 radical (unpaired) electrons. The Kier molecular flexibility index (Phi) is 5.83. The molecule has 1 amide bonds. The Morgan fingerprint density at radius 3 is 2.69 bits per heavy atom. The number of rotatable bonds is 5. The lowest BCUT2D eigenvalue weighted by atomic mass is 9.92. The molecule has 1 atom stereocenters. The second kappa shape index (κ2) is 8.51. The number of aromatic nitrogens is 4. The molecule has 0 aromatic carbocycles. The molecule has 4 rings (SSSR count). The first-order valence-corrected chi connectivity index (χ1v) is 10.9. The Balaban J connectivity index is 1.41. The van der Waals surface area contributed by atoms with E-state index in [4.69, 9.17) is 0 Å². The molecule has 2 aromatic rings. The molecule has 1 saturated heterocycles. The molecule has 2 aliphatic heterocycles. The summed E-state index contributed by atoms with van der Waals surface area (Å²) in [7, 11) is 0. The third-order valence-electron chi connectivity index (χ3n) is 6.23. The van der Waals surface area contributed by atoms with Gasteiger partial charge in [0.05, 0.1) is 0 Å². The average molecular weight is 397 g/mol. The van der Waals surface area contributed by atoms with Crippen molar-refractivity contribution >= 4 is 11.7 Å². The minimum absolute atomic E-state index is 0.0935. The van der Waals surface area contributed by atoms with Gasteiger partial charge in [0.15, 0.2) is 0 Å². The molecule has 0 N–H and O–H groups in total. The zero-order valence-electron chi connectivity index (χ0n) is 17.8. The van der Waals surface area contributed by atoms with E-state index in [2.05, 4.69) is 37.9 Å². The van der Waals surface area contributed by atoms with E-state index in [0.29, 0.717) is 11.9 Å². The van der Waals surface area contributed by atoms with Crippen molar-refractivity contribution in [2.75, 3.05) is 24.5 Å². The maximum atomic E-state index is 13.4. The normalized spacial score (nSPS) is 19.8. The monoisotopic (exact) mass is 396 g/mol. The van der Waals surface area contributed by atoms with Crippen molar-refractivity contribution in [1.29, 1.82) is 0 Å². The third kappa shape index (κ3) is 4.28. The van der Waals surface area contributed by atoms with Gasteiger partial charge in [0, 0.05) is 68.2 Å². The summed E-state index contributed by atoms with van der Waals surface area (Å²) in [6.45, 7) is 9.70. The van der Waals surface area contributed by atoms with E-state index < -0.39 is 0 Å². The van der Waals surface area contributed by atoms with Gasteiger partial charge in [0.1, 0.15) is 11.6 Å². The van der Waals surface area contributed by atoms with E-state index >= 15 is 0 Å². The minimum Gasteiger partial charge on any atom is -0.356 e. The Hall–Kier alpha value is -2.44. The number of nitrogens with zero attached hydrogens (tertiary/aromatic N) is 6. The lowest BCUT2D eigenvalue weighted by Crippen LogP contribution is -2.50. The van der Waals surface area contributed by atoms with Gasteiger partial charge < -0.3 is 9.80 Å². The van der Waals surface area contributed by atoms with Crippen LogP contribution in [0.3, 0.4) is 0 Å². The highest BCUT2D eigenvalue weighted by Crippen LogP contribution is 2.27. The third-order valence-corrected chi connectivity index (χ3v) is 6.23. The van der Waals surface area contributed by atoms with Crippen molar-refractivity contribution in [1.82, 2.24) is 24.6 Å². The number of hydrogen-bond acceptors (Lipinski definition) is 5. The van der Waals surface area contributed by atoms with E-state index in [1.54, 1.807) is 0 Å². The van der Waals surface area contributed by atoms with Crippen LogP contribution in [-0.2, 0) is 17.8 Å². The summed E-state index contributed by atoms with van der Waals surface area (Å²) >= 11 is 0. The van der Waals surface area contributed by atoms with Crippen molar-refractivity contribution in [3.05, 3.63) is 35.5 Å². The molecule has 0 saturated carbocycles. The maximum Gasteiger partial charge on any atom is 0.226 e. The van der Waals surface area contributed by atoms with Gasteiger partial charge in [0.2, 0.25) is 5.91 Å². The molecule has 156 valence electrons. The Morgan fingerprint density at radius 1 is 1.17 bits per heavy atom. The fourth-order valence-electron chi connectivity index (χ4n) is 4.79. The summed E-state index contributed by atoms with van der Waals surface area (Å²) in [6, 6.07) is 4.44. The fraction of sp³-hybridized carbons (Fsp3) is 0.636. The van der Waals surface area contributed by atoms with Gasteiger partial charge >= 0.3 is 0 Å². The van der Waals surface area contributed by atoms with Crippen molar-refractivity contribution in [3.63, 3.8) is 0 Å². The molecule has 29 heavy (non-hydrogen) atoms. The Labute approximate surface area is 173 Å². The highest BCUT2D eigenvalue weighted by atomic mass is 16.2. The standard InChI is InChI=1S/C22H32N6O/c1-4-10-27(22(29)18-6-13-28-20(15-18)5-9-23-28)19-7-11-26(12-8-19)21-14-16(2)24-17(3)25-21/h5,9,14,18-19H,4,6-8,10-13,15H2,1-3H3. The van der Waals surface area contributed by atoms with Crippen LogP contribution < -0.4 is 4.90 Å². The predicted octanol–water partition coefficient (Wildman–Crippen LogP) is 2.76. The molecule has 1 unspecified atom stereocenters. The van der Waals surface area contributed by atoms with Crippen LogP contribution >= 0.6 is 0 Å². The predicted molar refractivity (Wildman–Crippen MR) is 113 cm³/mol. The van der Waals surface area contributed by atoms with Crippen LogP contribution in [-0.4, -0.2) is 56.2 Å². The van der Waals surface area contributed by atoms with Gasteiger partial charge in [-0.15, -0.1) is 0 Å². The molecular weight excluding hydrogens is 364 g/mol. The minimum atomic E-state index is 0.0935. The second-order valence-electron chi connectivity index (χ2n) is 8.40. The van der Waals surface area contributed by atoms with E-state index in [-0.39, 0.29) is 5.92 Å². The molecule has 2 aliphatic rings. The average Bonchev–Trinajstić information content (AvgIpc) is 3.19. The summed E-state index contributed by atoms with van der Waals surface area (Å²) in [4.78, 5) is 26.9. The van der Waals surface area contributed by atoms with Gasteiger partial charge in [0.25, 0.3) is 0 Å². The van der Waals surface area contributed by atoms with Gasteiger partial charge in [-0.2, -0.15) is 5.10 Å². The number of piperidine rings is 1. The molecule has 4 heterocycles. The first-order chi connectivity index (χ1) is 14.0. The van der Waals surface area contributed by atoms with Gasteiger partial charge in [-0.3, -0.25) is 9.48 Å². The first-order valence-electron chi connectivity index (χ1n) is 10.9. The highest BCUT2D eigenvalue weighted by Gasteiger charge is 2.33. The smallest absolute Gasteiger partial charge is 0.226 e. The van der Waals surface area contributed by atoms with E-state index in [1.165, 1.54) is 5.69 Å². The fourth-order valence-corrected chi connectivity index (χ4v) is 4.79. The Morgan fingerprint density at radius 2 is 1.97 bits per heavy atom. The molecule has 7 heteroatoms. The van der Waals surface area contributed by atoms with E-state index in [0.717, 1.165) is 75.6 Å². The van der Waals surface area contributed by atoms with E-state index in [9.17, 15) is 4.79 Å². The first kappa shape index (κ1) is 19.9. The topological polar surface area (TPSA) is 67.2 Å². The lowest BCUT2D eigenvalue weighted by molar-refractivity contribution is -0.139. The number of carbonyl (C=O) groups is 1. The zero-order chi connectivity index (χ0) is 20.4. The maximum absolute atomic E-state index is 13.4. The largest absolute Gasteiger partial charge is 0.356 e. The van der Waals surface area contributed by atoms with Crippen molar-refractivity contribution in [2.24, 2.45) is 5.92 Å². The number of carbonyl (C=O) groups excluding carboxylic acids is 1. The zero-order valence-corrected chi connectivity index (χ0v) is 17.8. The van der Waals surface area contributed by atoms with E-state index in [1.807, 2.05) is 30.8 Å². The van der Waals surface area contributed by atoms with Gasteiger partial charge in [-0.25, -0.2) is 9.97 Å². The summed E-state index contributed by atoms with van der Waals surface area (Å²) < 4.78 is 2.04. The highest BCUT2D eigenvalue weighted by molar-refractivity contribution is 5.79. The molecule has 0 aliphatic carbocycles. The van der Waals surface area contributed by atoms with Crippen LogP contribution in [0.2, 0.25) is 0 Å². The molecule has 7 nitrogen and oxygen atoms in total. The van der Waals surface area contributed by atoms with Gasteiger partial charge in [-0.05, 0) is 45.6 Å². The summed E-state index contributed by atoms with van der Waals surface area (Å²) in [5, 5.41) is 4.35. The van der Waals surface area contributed by atoms with Crippen molar-refractivity contribution in [3.8, 4) is 0 Å². The summed E-state index contributed by atoms with van der Waals surface area (Å²) in [5.74, 6) is 2.27. The second-order valence-corrected chi connectivity index (χ2v) is 8.40. The quantitative estimate of drug-likeness (QED) is 0.777.